The van der Waals surface area contributed by atoms with Crippen molar-refractivity contribution < 1.29 is 27.9 Å². The summed E-state index contributed by atoms with van der Waals surface area (Å²) in [6, 6.07) is 10.7. The number of alkyl halides is 3. The van der Waals surface area contributed by atoms with Crippen LogP contribution in [0.2, 0.25) is 0 Å². The molecule has 12 heteroatoms. The molecule has 1 aliphatic rings. The van der Waals surface area contributed by atoms with Gasteiger partial charge in [-0.25, -0.2) is 9.59 Å². The van der Waals surface area contributed by atoms with E-state index < -0.39 is 29.8 Å². The molecule has 0 fully saturated rings. The number of rotatable bonds is 5. The monoisotopic (exact) mass is 496 g/mol. The van der Waals surface area contributed by atoms with E-state index in [1.54, 1.807) is 35.8 Å². The topological polar surface area (TPSA) is 115 Å². The fourth-order valence-electron chi connectivity index (χ4n) is 3.88. The molecule has 0 spiro atoms. The summed E-state index contributed by atoms with van der Waals surface area (Å²) in [6.07, 6.45) is -3.27. The van der Waals surface area contributed by atoms with Crippen LogP contribution < -0.4 is 4.90 Å². The highest BCUT2D eigenvalue weighted by atomic mass is 19.4. The molecule has 3 aromatic rings. The van der Waals surface area contributed by atoms with E-state index in [0.29, 0.717) is 22.6 Å². The summed E-state index contributed by atoms with van der Waals surface area (Å²) in [6.45, 7) is 2.71. The Morgan fingerprint density at radius 3 is 2.50 bits per heavy atom. The van der Waals surface area contributed by atoms with Crippen LogP contribution in [0.4, 0.5) is 23.7 Å². The molecule has 2 aromatic carbocycles. The van der Waals surface area contributed by atoms with Crippen molar-refractivity contribution in [3.8, 4) is 17.5 Å². The first kappa shape index (κ1) is 24.5. The predicted octanol–water partition coefficient (Wildman–Crippen LogP) is 4.44. The van der Waals surface area contributed by atoms with Crippen LogP contribution in [0.1, 0.15) is 25.0 Å². The summed E-state index contributed by atoms with van der Waals surface area (Å²) in [5.41, 5.74) is 0.674. The second-order valence-corrected chi connectivity index (χ2v) is 8.05. The molecule has 1 aromatic heterocycles. The lowest BCUT2D eigenvalue weighted by Gasteiger charge is -2.39. The number of amides is 2. The quantitative estimate of drug-likeness (QED) is 0.559. The summed E-state index contributed by atoms with van der Waals surface area (Å²) < 4.78 is 41.7. The van der Waals surface area contributed by atoms with Gasteiger partial charge >= 0.3 is 18.2 Å². The average Bonchev–Trinajstić information content (AvgIpc) is 3.33. The number of carboxylic acid groups (broad SMARTS) is 1. The molecule has 1 atom stereocenters. The molecule has 0 bridgehead atoms. The lowest BCUT2D eigenvalue weighted by molar-refractivity contribution is -0.141. The average molecular weight is 496 g/mol. The first-order chi connectivity index (χ1) is 17.0. The van der Waals surface area contributed by atoms with Crippen molar-refractivity contribution in [1.29, 1.82) is 5.26 Å². The molecule has 1 N–H and O–H groups in total. The Hall–Kier alpha value is -4.66. The largest absolute Gasteiger partial charge is 0.480 e. The van der Waals surface area contributed by atoms with Crippen molar-refractivity contribution in [3.63, 3.8) is 0 Å². The molecule has 1 unspecified atom stereocenters. The van der Waals surface area contributed by atoms with Gasteiger partial charge in [0, 0.05) is 11.3 Å². The maximum Gasteiger partial charge on any atom is 0.416 e. The lowest BCUT2D eigenvalue weighted by atomic mass is 10.1. The van der Waals surface area contributed by atoms with Gasteiger partial charge in [-0.15, -0.1) is 10.2 Å². The van der Waals surface area contributed by atoms with E-state index in [9.17, 15) is 27.9 Å². The molecule has 0 radical (unpaired) electrons. The van der Waals surface area contributed by atoms with Gasteiger partial charge in [0.1, 0.15) is 12.4 Å². The van der Waals surface area contributed by atoms with Gasteiger partial charge in [0.05, 0.1) is 35.1 Å². The van der Waals surface area contributed by atoms with Crippen LogP contribution in [0.15, 0.2) is 60.6 Å². The number of carbonyl (C=O) groups is 2. The number of carboxylic acids is 1. The zero-order chi connectivity index (χ0) is 26.2. The van der Waals surface area contributed by atoms with Crippen molar-refractivity contribution >= 4 is 23.4 Å². The molecular weight excluding hydrogens is 477 g/mol. The second kappa shape index (κ2) is 9.18. The van der Waals surface area contributed by atoms with E-state index in [1.807, 2.05) is 6.07 Å². The number of aromatic nitrogens is 3. The minimum atomic E-state index is -4.64. The van der Waals surface area contributed by atoms with Crippen LogP contribution in [0.25, 0.3) is 17.1 Å². The highest BCUT2D eigenvalue weighted by Crippen LogP contribution is 2.36. The fourth-order valence-corrected chi connectivity index (χ4v) is 3.88. The van der Waals surface area contributed by atoms with Gasteiger partial charge in [-0.2, -0.15) is 18.4 Å². The number of nitriles is 1. The highest BCUT2D eigenvalue weighted by molar-refractivity contribution is 6.01. The third kappa shape index (κ3) is 4.38. The number of aliphatic carboxylic acids is 1. The molecule has 9 nitrogen and oxygen atoms in total. The Kier molecular flexibility index (Phi) is 6.24. The van der Waals surface area contributed by atoms with E-state index >= 15 is 0 Å². The number of allylic oxidation sites excluding steroid dienone is 1. The van der Waals surface area contributed by atoms with Crippen molar-refractivity contribution in [2.75, 3.05) is 11.4 Å². The molecular formula is C24H19F3N6O3. The number of nitrogens with zero attached hydrogens (tertiary/aromatic N) is 6. The molecule has 0 aliphatic carbocycles. The molecule has 1 aliphatic heterocycles. The van der Waals surface area contributed by atoms with E-state index in [2.05, 4.69) is 10.2 Å². The minimum Gasteiger partial charge on any atom is -0.480 e. The standard InChI is InChI=1S/C24H19F3N6O3/c1-14-20(32-13-29-30-21(32)17-8-6-16(11-28)7-9-17)12-31(15(2)22(34)35)23(36)33(14)19-5-3-4-18(10-19)24(25,26)27/h3-10,13,15H,12H2,1-2H3,(H,34,35). The zero-order valence-corrected chi connectivity index (χ0v) is 19.1. The zero-order valence-electron chi connectivity index (χ0n) is 19.1. The second-order valence-electron chi connectivity index (χ2n) is 8.05. The van der Waals surface area contributed by atoms with Gasteiger partial charge in [0.15, 0.2) is 5.82 Å². The molecule has 2 amide bonds. The van der Waals surface area contributed by atoms with Crippen molar-refractivity contribution in [3.05, 3.63) is 71.7 Å². The first-order valence-corrected chi connectivity index (χ1v) is 10.6. The van der Waals surface area contributed by atoms with E-state index in [1.165, 1.54) is 25.4 Å². The number of halogens is 3. The minimum absolute atomic E-state index is 0.0693. The van der Waals surface area contributed by atoms with E-state index in [0.717, 1.165) is 21.9 Å². The third-order valence-corrected chi connectivity index (χ3v) is 5.88. The lowest BCUT2D eigenvalue weighted by Crippen LogP contribution is -2.54. The number of benzene rings is 2. The van der Waals surface area contributed by atoms with Gasteiger partial charge in [0.2, 0.25) is 0 Å². The summed E-state index contributed by atoms with van der Waals surface area (Å²) in [5, 5.41) is 26.7. The Morgan fingerprint density at radius 1 is 1.19 bits per heavy atom. The predicted molar refractivity (Wildman–Crippen MR) is 122 cm³/mol. The van der Waals surface area contributed by atoms with Gasteiger partial charge < -0.3 is 10.0 Å². The summed E-state index contributed by atoms with van der Waals surface area (Å²) in [4.78, 5) is 27.2. The van der Waals surface area contributed by atoms with Crippen molar-refractivity contribution in [2.45, 2.75) is 26.1 Å². The number of carbonyl (C=O) groups excluding carboxylic acids is 1. The molecule has 4 rings (SSSR count). The maximum absolute atomic E-state index is 13.4. The first-order valence-electron chi connectivity index (χ1n) is 10.6. The molecule has 184 valence electrons. The summed E-state index contributed by atoms with van der Waals surface area (Å²) in [7, 11) is 0. The van der Waals surface area contributed by atoms with Gasteiger partial charge in [0.25, 0.3) is 0 Å². The number of anilines is 1. The maximum atomic E-state index is 13.4. The van der Waals surface area contributed by atoms with Crippen LogP contribution in [0, 0.1) is 11.3 Å². The Morgan fingerprint density at radius 2 is 1.89 bits per heavy atom. The van der Waals surface area contributed by atoms with Gasteiger partial charge in [-0.1, -0.05) is 6.07 Å². The highest BCUT2D eigenvalue weighted by Gasteiger charge is 2.39. The smallest absolute Gasteiger partial charge is 0.416 e. The molecule has 0 saturated carbocycles. The normalized spacial score (nSPS) is 15.2. The molecule has 0 saturated heterocycles. The third-order valence-electron chi connectivity index (χ3n) is 5.88. The Bertz CT molecular complexity index is 1410. The van der Waals surface area contributed by atoms with Crippen LogP contribution in [0.3, 0.4) is 0 Å². The Labute approximate surface area is 203 Å². The molecule has 2 heterocycles. The summed E-state index contributed by atoms with van der Waals surface area (Å²) >= 11 is 0. The number of urea groups is 1. The van der Waals surface area contributed by atoms with Crippen LogP contribution in [-0.2, 0) is 11.0 Å². The molecule has 36 heavy (non-hydrogen) atoms. The van der Waals surface area contributed by atoms with Gasteiger partial charge in [-0.3, -0.25) is 9.47 Å². The number of hydrogen-bond acceptors (Lipinski definition) is 5. The Balaban J connectivity index is 1.89. The summed E-state index contributed by atoms with van der Waals surface area (Å²) in [5.74, 6) is -0.933. The van der Waals surface area contributed by atoms with Crippen LogP contribution in [0.5, 0.6) is 0 Å². The van der Waals surface area contributed by atoms with Crippen LogP contribution >= 0.6 is 0 Å². The van der Waals surface area contributed by atoms with Crippen molar-refractivity contribution in [1.82, 2.24) is 19.7 Å². The number of hydrogen-bond donors (Lipinski definition) is 1. The van der Waals surface area contributed by atoms with E-state index in [4.69, 9.17) is 5.26 Å². The van der Waals surface area contributed by atoms with Crippen molar-refractivity contribution in [2.24, 2.45) is 0 Å². The van der Waals surface area contributed by atoms with Crippen LogP contribution in [-0.4, -0.2) is 49.4 Å². The van der Waals surface area contributed by atoms with E-state index in [-0.39, 0.29) is 17.9 Å². The SMILES string of the molecule is CC1=C(n2cnnc2-c2ccc(C#N)cc2)CN(C(C)C(=O)O)C(=O)N1c1cccc(C(F)(F)F)c1. The van der Waals surface area contributed by atoms with Gasteiger partial charge in [-0.05, 0) is 56.3 Å². The fraction of sp³-hybridized carbons (Fsp3) is 0.208.